The molecule has 2 aromatic rings. The van der Waals surface area contributed by atoms with Crippen LogP contribution in [-0.4, -0.2) is 24.8 Å². The Balaban J connectivity index is 1.79. The number of amides is 2. The number of alkyl halides is 3. The van der Waals surface area contributed by atoms with Crippen LogP contribution in [0.4, 0.5) is 23.7 Å². The number of carbonyl (C=O) groups excluding carboxylic acids is 2. The van der Waals surface area contributed by atoms with E-state index in [1.807, 2.05) is 0 Å². The third kappa shape index (κ3) is 7.46. The van der Waals surface area contributed by atoms with Crippen LogP contribution < -0.4 is 15.5 Å². The maximum Gasteiger partial charge on any atom is 0.428 e. The Hall–Kier alpha value is -3.56. The molecule has 10 heteroatoms. The molecule has 0 atom stereocenters. The Kier molecular flexibility index (Phi) is 7.79. The third-order valence-corrected chi connectivity index (χ3v) is 3.76. The number of halogens is 3. The molecule has 160 valence electrons. The van der Waals surface area contributed by atoms with Gasteiger partial charge in [-0.3, -0.25) is 4.79 Å². The minimum absolute atomic E-state index is 0.00878. The first-order chi connectivity index (χ1) is 14.2. The van der Waals surface area contributed by atoms with Crippen LogP contribution in [0.25, 0.3) is 0 Å². The SMILES string of the molecule is COc1ccc(COC(=O)N/N=C(/C)CC(=O)Nc2cccc(C(F)(F)F)c2)cc1. The lowest BCUT2D eigenvalue weighted by atomic mass is 10.2. The van der Waals surface area contributed by atoms with E-state index in [4.69, 9.17) is 9.47 Å². The molecule has 30 heavy (non-hydrogen) atoms. The summed E-state index contributed by atoms with van der Waals surface area (Å²) < 4.78 is 48.1. The van der Waals surface area contributed by atoms with Crippen molar-refractivity contribution in [2.75, 3.05) is 12.4 Å². The molecule has 2 aromatic carbocycles. The predicted molar refractivity (Wildman–Crippen MR) is 104 cm³/mol. The number of methoxy groups -OCH3 is 1. The van der Waals surface area contributed by atoms with Gasteiger partial charge in [0.2, 0.25) is 5.91 Å². The number of hydrazone groups is 1. The minimum Gasteiger partial charge on any atom is -0.497 e. The van der Waals surface area contributed by atoms with Crippen molar-refractivity contribution < 1.29 is 32.2 Å². The van der Waals surface area contributed by atoms with Crippen LogP contribution in [0.2, 0.25) is 0 Å². The summed E-state index contributed by atoms with van der Waals surface area (Å²) in [6.45, 7) is 1.50. The van der Waals surface area contributed by atoms with Gasteiger partial charge in [0.1, 0.15) is 12.4 Å². The van der Waals surface area contributed by atoms with E-state index in [1.54, 1.807) is 31.4 Å². The molecule has 0 aliphatic carbocycles. The zero-order valence-electron chi connectivity index (χ0n) is 16.2. The highest BCUT2D eigenvalue weighted by molar-refractivity contribution is 6.05. The van der Waals surface area contributed by atoms with Crippen molar-refractivity contribution in [2.24, 2.45) is 5.10 Å². The maximum atomic E-state index is 12.7. The fraction of sp³-hybridized carbons (Fsp3) is 0.250. The molecule has 0 saturated carbocycles. The van der Waals surface area contributed by atoms with Gasteiger partial charge in [0, 0.05) is 11.4 Å². The second-order valence-corrected chi connectivity index (χ2v) is 6.19. The fourth-order valence-corrected chi connectivity index (χ4v) is 2.29. The summed E-state index contributed by atoms with van der Waals surface area (Å²) in [5, 5.41) is 6.09. The van der Waals surface area contributed by atoms with Gasteiger partial charge in [-0.25, -0.2) is 10.2 Å². The molecule has 2 rings (SSSR count). The normalized spacial score (nSPS) is 11.6. The largest absolute Gasteiger partial charge is 0.497 e. The average Bonchev–Trinajstić information content (AvgIpc) is 2.70. The highest BCUT2D eigenvalue weighted by Crippen LogP contribution is 2.30. The van der Waals surface area contributed by atoms with Crippen LogP contribution >= 0.6 is 0 Å². The summed E-state index contributed by atoms with van der Waals surface area (Å²) in [4.78, 5) is 23.6. The lowest BCUT2D eigenvalue weighted by molar-refractivity contribution is -0.137. The van der Waals surface area contributed by atoms with Crippen molar-refractivity contribution in [1.29, 1.82) is 0 Å². The Morgan fingerprint density at radius 2 is 1.80 bits per heavy atom. The van der Waals surface area contributed by atoms with Crippen LogP contribution in [0.5, 0.6) is 5.75 Å². The van der Waals surface area contributed by atoms with Crippen molar-refractivity contribution in [2.45, 2.75) is 26.1 Å². The topological polar surface area (TPSA) is 89.0 Å². The molecule has 0 unspecified atom stereocenters. The van der Waals surface area contributed by atoms with Crippen LogP contribution in [0.3, 0.4) is 0 Å². The Morgan fingerprint density at radius 3 is 2.43 bits per heavy atom. The van der Waals surface area contributed by atoms with E-state index >= 15 is 0 Å². The molecule has 0 aliphatic heterocycles. The number of benzene rings is 2. The van der Waals surface area contributed by atoms with Crippen LogP contribution in [-0.2, 0) is 22.3 Å². The van der Waals surface area contributed by atoms with Crippen molar-refractivity contribution in [3.05, 3.63) is 59.7 Å². The lowest BCUT2D eigenvalue weighted by Gasteiger charge is -2.10. The molecule has 0 aromatic heterocycles. The number of nitrogens with zero attached hydrogens (tertiary/aromatic N) is 1. The average molecular weight is 423 g/mol. The van der Waals surface area contributed by atoms with Crippen molar-refractivity contribution >= 4 is 23.4 Å². The summed E-state index contributed by atoms with van der Waals surface area (Å²) in [5.74, 6) is 0.0933. The summed E-state index contributed by atoms with van der Waals surface area (Å²) in [5.41, 5.74) is 2.27. The van der Waals surface area contributed by atoms with E-state index in [1.165, 1.54) is 19.1 Å². The first-order valence-corrected chi connectivity index (χ1v) is 8.73. The van der Waals surface area contributed by atoms with E-state index < -0.39 is 23.7 Å². The standard InChI is InChI=1S/C20H20F3N3O4/c1-13(10-18(27)24-16-5-3-4-15(11-16)20(21,22)23)25-26-19(28)30-12-14-6-8-17(29-2)9-7-14/h3-9,11H,10,12H2,1-2H3,(H,24,27)(H,26,28)/b25-13-. The summed E-state index contributed by atoms with van der Waals surface area (Å²) >= 11 is 0. The lowest BCUT2D eigenvalue weighted by Crippen LogP contribution is -2.22. The van der Waals surface area contributed by atoms with Crippen molar-refractivity contribution in [1.82, 2.24) is 5.43 Å². The first-order valence-electron chi connectivity index (χ1n) is 8.73. The van der Waals surface area contributed by atoms with Crippen molar-refractivity contribution in [3.63, 3.8) is 0 Å². The van der Waals surface area contributed by atoms with Crippen molar-refractivity contribution in [3.8, 4) is 5.75 Å². The molecule has 0 heterocycles. The van der Waals surface area contributed by atoms with E-state index in [2.05, 4.69) is 15.8 Å². The van der Waals surface area contributed by atoms with Gasteiger partial charge in [0.05, 0.1) is 19.1 Å². The molecule has 0 spiro atoms. The quantitative estimate of drug-likeness (QED) is 0.512. The zero-order chi connectivity index (χ0) is 22.1. The number of ether oxygens (including phenoxy) is 2. The monoisotopic (exact) mass is 423 g/mol. The molecular formula is C20H20F3N3O4. The molecule has 0 fully saturated rings. The summed E-state index contributed by atoms with van der Waals surface area (Å²) in [6, 6.07) is 11.2. The van der Waals surface area contributed by atoms with Gasteiger partial charge >= 0.3 is 12.3 Å². The fourth-order valence-electron chi connectivity index (χ4n) is 2.29. The third-order valence-electron chi connectivity index (χ3n) is 3.76. The smallest absolute Gasteiger partial charge is 0.428 e. The highest BCUT2D eigenvalue weighted by Gasteiger charge is 2.30. The first kappa shape index (κ1) is 22.7. The number of hydrogen-bond donors (Lipinski definition) is 2. The Bertz CT molecular complexity index is 912. The number of anilines is 1. The van der Waals surface area contributed by atoms with E-state index in [0.717, 1.165) is 17.7 Å². The number of nitrogens with one attached hydrogen (secondary N) is 2. The molecule has 0 bridgehead atoms. The second-order valence-electron chi connectivity index (χ2n) is 6.19. The molecule has 0 aliphatic rings. The summed E-state index contributed by atoms with van der Waals surface area (Å²) in [7, 11) is 1.54. The van der Waals surface area contributed by atoms with Gasteiger partial charge in [0.25, 0.3) is 0 Å². The molecule has 0 saturated heterocycles. The predicted octanol–water partition coefficient (Wildman–Crippen LogP) is 4.34. The van der Waals surface area contributed by atoms with Gasteiger partial charge in [-0.2, -0.15) is 18.3 Å². The van der Waals surface area contributed by atoms with E-state index in [-0.39, 0.29) is 24.4 Å². The Morgan fingerprint density at radius 1 is 1.10 bits per heavy atom. The number of carbonyl (C=O) groups is 2. The number of rotatable bonds is 7. The number of hydrogen-bond acceptors (Lipinski definition) is 5. The highest BCUT2D eigenvalue weighted by atomic mass is 19.4. The van der Waals surface area contributed by atoms with Gasteiger partial charge in [-0.15, -0.1) is 0 Å². The Labute approximate surface area is 170 Å². The molecule has 7 nitrogen and oxygen atoms in total. The van der Waals surface area contributed by atoms with Gasteiger partial charge in [-0.05, 0) is 42.8 Å². The van der Waals surface area contributed by atoms with Crippen LogP contribution in [0, 0.1) is 0 Å². The second kappa shape index (κ2) is 10.3. The zero-order valence-corrected chi connectivity index (χ0v) is 16.2. The summed E-state index contributed by atoms with van der Waals surface area (Å²) in [6.07, 6.45) is -5.55. The van der Waals surface area contributed by atoms with E-state index in [0.29, 0.717) is 5.75 Å². The van der Waals surface area contributed by atoms with Crippen LogP contribution in [0.1, 0.15) is 24.5 Å². The maximum absolute atomic E-state index is 12.7. The molecule has 0 radical (unpaired) electrons. The van der Waals surface area contributed by atoms with Gasteiger partial charge in [0.15, 0.2) is 0 Å². The molecule has 2 amide bonds. The van der Waals surface area contributed by atoms with Gasteiger partial charge < -0.3 is 14.8 Å². The molecule has 2 N–H and O–H groups in total. The van der Waals surface area contributed by atoms with E-state index in [9.17, 15) is 22.8 Å². The molecular weight excluding hydrogens is 403 g/mol. The van der Waals surface area contributed by atoms with Crippen LogP contribution in [0.15, 0.2) is 53.6 Å². The minimum atomic E-state index is -4.51. The van der Waals surface area contributed by atoms with Gasteiger partial charge in [-0.1, -0.05) is 18.2 Å².